The molecule has 1 aromatic rings. The van der Waals surface area contributed by atoms with Gasteiger partial charge in [0.1, 0.15) is 0 Å². The Labute approximate surface area is 163 Å². The molecule has 0 bridgehead atoms. The second kappa shape index (κ2) is 11.5. The second-order valence-electron chi connectivity index (χ2n) is 6.03. The van der Waals surface area contributed by atoms with Gasteiger partial charge in [0.2, 0.25) is 0 Å². The molecule has 1 saturated heterocycles. The maximum absolute atomic E-state index is 5.40. The molecule has 1 aromatic carbocycles. The van der Waals surface area contributed by atoms with Gasteiger partial charge in [-0.2, -0.15) is 0 Å². The van der Waals surface area contributed by atoms with E-state index >= 15 is 0 Å². The lowest BCUT2D eigenvalue weighted by Crippen LogP contribution is -2.43. The molecule has 1 heterocycles. The number of aryl methyl sites for hydroxylation is 1. The molecule has 1 fully saturated rings. The molecular weight excluding hydrogens is 415 g/mol. The van der Waals surface area contributed by atoms with Gasteiger partial charge in [0.05, 0.1) is 6.61 Å². The van der Waals surface area contributed by atoms with Crippen LogP contribution in [0.2, 0.25) is 0 Å². The van der Waals surface area contributed by atoms with Gasteiger partial charge in [0.15, 0.2) is 5.96 Å². The Morgan fingerprint density at radius 3 is 2.83 bits per heavy atom. The van der Waals surface area contributed by atoms with Crippen LogP contribution in [0.4, 0.5) is 5.69 Å². The minimum atomic E-state index is 0. The van der Waals surface area contributed by atoms with Crippen molar-refractivity contribution in [2.45, 2.75) is 20.3 Å². The molecule has 1 aliphatic heterocycles. The third-order valence-corrected chi connectivity index (χ3v) is 4.23. The molecule has 5 nitrogen and oxygen atoms in total. The quantitative estimate of drug-likeness (QED) is 0.384. The zero-order valence-electron chi connectivity index (χ0n) is 15.0. The smallest absolute Gasteiger partial charge is 0.191 e. The first kappa shape index (κ1) is 21.0. The van der Waals surface area contributed by atoms with Crippen molar-refractivity contribution in [1.29, 1.82) is 0 Å². The zero-order chi connectivity index (χ0) is 16.5. The van der Waals surface area contributed by atoms with Gasteiger partial charge < -0.3 is 20.3 Å². The van der Waals surface area contributed by atoms with Crippen LogP contribution in [0, 0.1) is 12.8 Å². The molecule has 0 aromatic heterocycles. The Morgan fingerprint density at radius 1 is 1.38 bits per heavy atom. The fourth-order valence-electron chi connectivity index (χ4n) is 2.81. The van der Waals surface area contributed by atoms with Crippen molar-refractivity contribution in [2.24, 2.45) is 10.9 Å². The van der Waals surface area contributed by atoms with Crippen LogP contribution in [-0.2, 0) is 4.74 Å². The summed E-state index contributed by atoms with van der Waals surface area (Å²) in [5.74, 6) is 1.48. The van der Waals surface area contributed by atoms with Crippen LogP contribution < -0.4 is 15.5 Å². The molecule has 6 heteroatoms. The SMILES string of the molecule is CCN(CCNC(=NC)NCC1CCOC1)c1cccc(C)c1.I. The van der Waals surface area contributed by atoms with Crippen molar-refractivity contribution in [3.63, 3.8) is 0 Å². The van der Waals surface area contributed by atoms with Crippen LogP contribution in [0.3, 0.4) is 0 Å². The van der Waals surface area contributed by atoms with E-state index in [1.165, 1.54) is 11.3 Å². The highest BCUT2D eigenvalue weighted by molar-refractivity contribution is 14.0. The highest BCUT2D eigenvalue weighted by atomic mass is 127. The number of hydrogen-bond acceptors (Lipinski definition) is 3. The van der Waals surface area contributed by atoms with Crippen molar-refractivity contribution in [2.75, 3.05) is 51.3 Å². The number of halogens is 1. The number of guanidine groups is 1. The first-order valence-electron chi connectivity index (χ1n) is 8.56. The summed E-state index contributed by atoms with van der Waals surface area (Å²) in [4.78, 5) is 6.67. The van der Waals surface area contributed by atoms with Crippen molar-refractivity contribution < 1.29 is 4.74 Å². The Bertz CT molecular complexity index is 504. The van der Waals surface area contributed by atoms with Gasteiger partial charge in [-0.15, -0.1) is 24.0 Å². The summed E-state index contributed by atoms with van der Waals surface area (Å²) >= 11 is 0. The predicted molar refractivity (Wildman–Crippen MR) is 113 cm³/mol. The van der Waals surface area contributed by atoms with Gasteiger partial charge in [-0.05, 0) is 38.0 Å². The van der Waals surface area contributed by atoms with Gasteiger partial charge in [0, 0.05) is 51.4 Å². The minimum absolute atomic E-state index is 0. The first-order valence-corrected chi connectivity index (χ1v) is 8.56. The average Bonchev–Trinajstić information content (AvgIpc) is 3.08. The van der Waals surface area contributed by atoms with E-state index in [4.69, 9.17) is 4.74 Å². The monoisotopic (exact) mass is 446 g/mol. The van der Waals surface area contributed by atoms with Crippen LogP contribution in [0.5, 0.6) is 0 Å². The standard InChI is InChI=1S/C18H30N4O.HI/c1-4-22(17-7-5-6-15(2)12-17)10-9-20-18(19-3)21-13-16-8-11-23-14-16;/h5-7,12,16H,4,8-11,13-14H2,1-3H3,(H2,19,20,21);1H. The molecule has 0 aliphatic carbocycles. The van der Waals surface area contributed by atoms with E-state index in [-0.39, 0.29) is 24.0 Å². The molecule has 0 spiro atoms. The normalized spacial score (nSPS) is 17.3. The van der Waals surface area contributed by atoms with Gasteiger partial charge in [-0.3, -0.25) is 4.99 Å². The molecule has 2 rings (SSSR count). The van der Waals surface area contributed by atoms with E-state index in [0.717, 1.165) is 51.8 Å². The van der Waals surface area contributed by atoms with E-state index in [1.807, 2.05) is 7.05 Å². The summed E-state index contributed by atoms with van der Waals surface area (Å²) in [6.07, 6.45) is 1.14. The molecule has 1 aliphatic rings. The van der Waals surface area contributed by atoms with Crippen molar-refractivity contribution in [3.05, 3.63) is 29.8 Å². The minimum Gasteiger partial charge on any atom is -0.381 e. The third kappa shape index (κ3) is 6.84. The van der Waals surface area contributed by atoms with Crippen molar-refractivity contribution >= 4 is 35.6 Å². The molecule has 0 saturated carbocycles. The topological polar surface area (TPSA) is 48.9 Å². The second-order valence-corrected chi connectivity index (χ2v) is 6.03. The third-order valence-electron chi connectivity index (χ3n) is 4.23. The number of ether oxygens (including phenoxy) is 1. The lowest BCUT2D eigenvalue weighted by Gasteiger charge is -2.24. The Balaban J connectivity index is 0.00000288. The van der Waals surface area contributed by atoms with E-state index in [0.29, 0.717) is 5.92 Å². The van der Waals surface area contributed by atoms with Crippen LogP contribution >= 0.6 is 24.0 Å². The number of hydrogen-bond donors (Lipinski definition) is 2. The molecule has 136 valence electrons. The van der Waals surface area contributed by atoms with Crippen LogP contribution in [0.25, 0.3) is 0 Å². The van der Waals surface area contributed by atoms with Gasteiger partial charge in [-0.1, -0.05) is 12.1 Å². The van der Waals surface area contributed by atoms with E-state index in [9.17, 15) is 0 Å². The maximum atomic E-state index is 5.40. The molecule has 0 radical (unpaired) electrons. The van der Waals surface area contributed by atoms with Gasteiger partial charge >= 0.3 is 0 Å². The van der Waals surface area contributed by atoms with Gasteiger partial charge in [0.25, 0.3) is 0 Å². The van der Waals surface area contributed by atoms with Gasteiger partial charge in [-0.25, -0.2) is 0 Å². The fraction of sp³-hybridized carbons (Fsp3) is 0.611. The van der Waals surface area contributed by atoms with E-state index in [1.54, 1.807) is 0 Å². The summed E-state index contributed by atoms with van der Waals surface area (Å²) in [6, 6.07) is 8.65. The maximum Gasteiger partial charge on any atom is 0.191 e. The zero-order valence-corrected chi connectivity index (χ0v) is 17.4. The van der Waals surface area contributed by atoms with E-state index in [2.05, 4.69) is 58.6 Å². The Hall–Kier alpha value is -1.02. The van der Waals surface area contributed by atoms with Crippen LogP contribution in [0.15, 0.2) is 29.3 Å². The number of nitrogens with zero attached hydrogens (tertiary/aromatic N) is 2. The molecule has 1 unspecified atom stereocenters. The first-order chi connectivity index (χ1) is 11.2. The lowest BCUT2D eigenvalue weighted by molar-refractivity contribution is 0.186. The number of anilines is 1. The predicted octanol–water partition coefficient (Wildman–Crippen LogP) is 2.64. The van der Waals surface area contributed by atoms with E-state index < -0.39 is 0 Å². The number of likely N-dealkylation sites (N-methyl/N-ethyl adjacent to an activating group) is 1. The Kier molecular flexibility index (Phi) is 10.1. The van der Waals surface area contributed by atoms with Crippen molar-refractivity contribution in [3.8, 4) is 0 Å². The molecule has 0 amide bonds. The molecule has 24 heavy (non-hydrogen) atoms. The number of aliphatic imine (C=N–C) groups is 1. The van der Waals surface area contributed by atoms with Crippen molar-refractivity contribution in [1.82, 2.24) is 10.6 Å². The average molecular weight is 446 g/mol. The summed E-state index contributed by atoms with van der Waals surface area (Å²) in [6.45, 7) is 9.81. The lowest BCUT2D eigenvalue weighted by atomic mass is 10.1. The van der Waals surface area contributed by atoms with Crippen LogP contribution in [-0.4, -0.2) is 52.4 Å². The molecule has 2 N–H and O–H groups in total. The largest absolute Gasteiger partial charge is 0.381 e. The number of nitrogens with one attached hydrogen (secondary N) is 2. The molecule has 1 atom stereocenters. The summed E-state index contributed by atoms with van der Waals surface area (Å²) < 4.78 is 5.40. The highest BCUT2D eigenvalue weighted by Crippen LogP contribution is 2.15. The summed E-state index contributed by atoms with van der Waals surface area (Å²) in [5, 5.41) is 6.79. The summed E-state index contributed by atoms with van der Waals surface area (Å²) in [5.41, 5.74) is 2.57. The number of benzene rings is 1. The summed E-state index contributed by atoms with van der Waals surface area (Å²) in [7, 11) is 1.82. The Morgan fingerprint density at radius 2 is 2.21 bits per heavy atom. The number of rotatable bonds is 7. The van der Waals surface area contributed by atoms with Crippen LogP contribution in [0.1, 0.15) is 18.9 Å². The highest BCUT2D eigenvalue weighted by Gasteiger charge is 2.15. The fourth-order valence-corrected chi connectivity index (χ4v) is 2.81. The molecular formula is C18H31IN4O.